The van der Waals surface area contributed by atoms with Crippen LogP contribution in [0.2, 0.25) is 0 Å². The van der Waals surface area contributed by atoms with Crippen molar-refractivity contribution in [1.29, 1.82) is 0 Å². The van der Waals surface area contributed by atoms with E-state index in [0.29, 0.717) is 0 Å². The third-order valence-corrected chi connectivity index (χ3v) is 10.9. The first-order chi connectivity index (χ1) is 25.6. The Kier molecular flexibility index (Phi) is 7.97. The maximum Gasteiger partial charge on any atom is 0.106 e. The molecule has 3 atom stereocenters. The molecule has 2 unspecified atom stereocenters. The minimum absolute atomic E-state index is 0.140. The Morgan fingerprint density at radius 1 is 0.500 bits per heavy atom. The van der Waals surface area contributed by atoms with Gasteiger partial charge in [0.15, 0.2) is 0 Å². The molecule has 2 heterocycles. The van der Waals surface area contributed by atoms with Gasteiger partial charge in [0.25, 0.3) is 0 Å². The average Bonchev–Trinajstić information content (AvgIpc) is 3.28. The van der Waals surface area contributed by atoms with Gasteiger partial charge in [-0.15, -0.1) is 0 Å². The lowest BCUT2D eigenvalue weighted by atomic mass is 9.74. The van der Waals surface area contributed by atoms with E-state index in [1.165, 1.54) is 50.5 Å². The molecule has 0 aromatic heterocycles. The first-order valence-electron chi connectivity index (χ1n) is 18.2. The number of nitrogens with one attached hydrogen (secondary N) is 1. The van der Waals surface area contributed by atoms with Crippen molar-refractivity contribution in [3.8, 4) is 22.3 Å². The van der Waals surface area contributed by atoms with E-state index < -0.39 is 0 Å². The van der Waals surface area contributed by atoms with E-state index >= 15 is 0 Å². The first-order valence-corrected chi connectivity index (χ1v) is 18.2. The SMILES string of the molecule is CC1C=C2NC(c3ccccc3)[C@]2(C)N(c2ccc(N(c3ccc(-c4ccccc4)cc3)c3ccc(-c4ccccc4)cc3)cc2)c2ccccc21. The number of hydrogen-bond acceptors (Lipinski definition) is 3. The van der Waals surface area contributed by atoms with Crippen molar-refractivity contribution in [3.05, 3.63) is 211 Å². The van der Waals surface area contributed by atoms with E-state index in [4.69, 9.17) is 0 Å². The molecule has 3 nitrogen and oxygen atoms in total. The van der Waals surface area contributed by atoms with Crippen LogP contribution in [-0.4, -0.2) is 5.54 Å². The standard InChI is InChI=1S/C49H41N3/c1-35-34-47-49(2,48(50-47)40-18-10-5-11-19-40)52(46-21-13-12-20-45(35)46)44-32-30-43(31-33-44)51(41-26-22-38(23-27-41)36-14-6-3-7-15-36)42-28-24-39(25-29-42)37-16-8-4-9-17-37/h3-35,48,50H,1-2H3/t35?,48?,49-/m1/s1. The maximum absolute atomic E-state index is 3.86. The van der Waals surface area contributed by atoms with Gasteiger partial charge in [-0.2, -0.15) is 0 Å². The van der Waals surface area contributed by atoms with E-state index in [-0.39, 0.29) is 17.5 Å². The normalized spacial score (nSPS) is 18.9. The number of hydrogen-bond donors (Lipinski definition) is 1. The molecule has 1 N–H and O–H groups in total. The number of allylic oxidation sites excluding steroid dienone is 1. The molecule has 9 rings (SSSR count). The second-order valence-electron chi connectivity index (χ2n) is 14.1. The van der Waals surface area contributed by atoms with Crippen molar-refractivity contribution in [2.75, 3.05) is 9.80 Å². The minimum atomic E-state index is -0.288. The fraction of sp³-hybridized carbons (Fsp3) is 0.102. The van der Waals surface area contributed by atoms with E-state index in [1.54, 1.807) is 0 Å². The Balaban J connectivity index is 1.13. The van der Waals surface area contributed by atoms with Crippen LogP contribution in [-0.2, 0) is 0 Å². The summed E-state index contributed by atoms with van der Waals surface area (Å²) in [6.45, 7) is 4.70. The number of nitrogens with zero attached hydrogens (tertiary/aromatic N) is 2. The lowest BCUT2D eigenvalue weighted by molar-refractivity contribution is 0.272. The van der Waals surface area contributed by atoms with E-state index in [1.807, 2.05) is 0 Å². The van der Waals surface area contributed by atoms with Gasteiger partial charge in [0.1, 0.15) is 5.54 Å². The Bertz CT molecular complexity index is 2250. The highest BCUT2D eigenvalue weighted by Crippen LogP contribution is 2.54. The van der Waals surface area contributed by atoms with Gasteiger partial charge >= 0.3 is 0 Å². The zero-order valence-corrected chi connectivity index (χ0v) is 29.5. The van der Waals surface area contributed by atoms with Crippen LogP contribution in [0.3, 0.4) is 0 Å². The van der Waals surface area contributed by atoms with Gasteiger partial charge < -0.3 is 15.1 Å². The first kappa shape index (κ1) is 31.6. The predicted molar refractivity (Wildman–Crippen MR) is 218 cm³/mol. The fourth-order valence-corrected chi connectivity index (χ4v) is 8.18. The van der Waals surface area contributed by atoms with E-state index in [9.17, 15) is 0 Å². The average molecular weight is 672 g/mol. The van der Waals surface area contributed by atoms with Crippen molar-refractivity contribution >= 4 is 28.4 Å². The summed E-state index contributed by atoms with van der Waals surface area (Å²) in [6, 6.07) is 68.0. The summed E-state index contributed by atoms with van der Waals surface area (Å²) in [6.07, 6.45) is 2.42. The Hall–Kier alpha value is -6.32. The van der Waals surface area contributed by atoms with Crippen LogP contribution in [0, 0.1) is 0 Å². The minimum Gasteiger partial charge on any atom is -0.377 e. The molecule has 7 aromatic carbocycles. The van der Waals surface area contributed by atoms with Crippen molar-refractivity contribution in [2.45, 2.75) is 31.3 Å². The summed E-state index contributed by atoms with van der Waals surface area (Å²) >= 11 is 0. The zero-order chi connectivity index (χ0) is 35.1. The highest BCUT2D eigenvalue weighted by Gasteiger charge is 2.54. The molecule has 0 radical (unpaired) electrons. The Morgan fingerprint density at radius 2 is 0.942 bits per heavy atom. The second kappa shape index (κ2) is 13.1. The smallest absolute Gasteiger partial charge is 0.106 e. The van der Waals surface area contributed by atoms with Gasteiger partial charge in [0, 0.05) is 40.1 Å². The molecular formula is C49H41N3. The molecule has 7 aromatic rings. The summed E-state index contributed by atoms with van der Waals surface area (Å²) in [5.74, 6) is 0.284. The summed E-state index contributed by atoms with van der Waals surface area (Å²) in [5.41, 5.74) is 14.2. The van der Waals surface area contributed by atoms with Gasteiger partial charge in [-0.1, -0.05) is 146 Å². The van der Waals surface area contributed by atoms with Gasteiger partial charge in [0.05, 0.1) is 6.04 Å². The molecule has 2 aliphatic heterocycles. The fourth-order valence-electron chi connectivity index (χ4n) is 8.18. The van der Waals surface area contributed by atoms with Gasteiger partial charge in [-0.3, -0.25) is 0 Å². The Morgan fingerprint density at radius 3 is 1.48 bits per heavy atom. The van der Waals surface area contributed by atoms with Gasteiger partial charge in [-0.25, -0.2) is 0 Å². The second-order valence-corrected chi connectivity index (χ2v) is 14.1. The van der Waals surface area contributed by atoms with Gasteiger partial charge in [0.2, 0.25) is 0 Å². The van der Waals surface area contributed by atoms with Crippen LogP contribution >= 0.6 is 0 Å². The van der Waals surface area contributed by atoms with Crippen molar-refractivity contribution < 1.29 is 0 Å². The van der Waals surface area contributed by atoms with Crippen LogP contribution in [0.5, 0.6) is 0 Å². The topological polar surface area (TPSA) is 18.5 Å². The zero-order valence-electron chi connectivity index (χ0n) is 29.5. The number of benzene rings is 7. The number of anilines is 5. The van der Waals surface area contributed by atoms with Gasteiger partial charge in [-0.05, 0) is 94.9 Å². The third kappa shape index (κ3) is 5.46. The molecule has 0 spiro atoms. The lowest BCUT2D eigenvalue weighted by Crippen LogP contribution is -2.65. The molecule has 252 valence electrons. The van der Waals surface area contributed by atoms with Crippen LogP contribution in [0.15, 0.2) is 200 Å². The quantitative estimate of drug-likeness (QED) is 0.182. The summed E-state index contributed by atoms with van der Waals surface area (Å²) < 4.78 is 0. The molecule has 1 saturated heterocycles. The van der Waals surface area contributed by atoms with Crippen LogP contribution in [0.4, 0.5) is 28.4 Å². The molecule has 0 aliphatic carbocycles. The van der Waals surface area contributed by atoms with E-state index in [2.05, 4.69) is 223 Å². The summed E-state index contributed by atoms with van der Waals surface area (Å²) in [5, 5.41) is 3.86. The molecule has 2 aliphatic rings. The van der Waals surface area contributed by atoms with Crippen LogP contribution < -0.4 is 15.1 Å². The number of rotatable bonds is 7. The Labute approximate surface area is 307 Å². The van der Waals surface area contributed by atoms with Crippen LogP contribution in [0.25, 0.3) is 22.3 Å². The lowest BCUT2D eigenvalue weighted by Gasteiger charge is -2.57. The van der Waals surface area contributed by atoms with Crippen LogP contribution in [0.1, 0.15) is 36.9 Å². The molecule has 52 heavy (non-hydrogen) atoms. The maximum atomic E-state index is 3.86. The molecular weight excluding hydrogens is 631 g/mol. The number of para-hydroxylation sites is 1. The van der Waals surface area contributed by atoms with E-state index in [0.717, 1.165) is 17.1 Å². The van der Waals surface area contributed by atoms with Crippen molar-refractivity contribution in [3.63, 3.8) is 0 Å². The molecule has 3 heteroatoms. The summed E-state index contributed by atoms with van der Waals surface area (Å²) in [7, 11) is 0. The highest BCUT2D eigenvalue weighted by atomic mass is 15.3. The van der Waals surface area contributed by atoms with Crippen molar-refractivity contribution in [1.82, 2.24) is 5.32 Å². The third-order valence-electron chi connectivity index (χ3n) is 10.9. The molecule has 0 amide bonds. The number of fused-ring (bicyclic) bond motifs is 2. The molecule has 1 fully saturated rings. The molecule has 0 bridgehead atoms. The predicted octanol–water partition coefficient (Wildman–Crippen LogP) is 12.7. The van der Waals surface area contributed by atoms with Crippen molar-refractivity contribution in [2.24, 2.45) is 0 Å². The largest absolute Gasteiger partial charge is 0.377 e. The summed E-state index contributed by atoms with van der Waals surface area (Å²) in [4.78, 5) is 4.93. The monoisotopic (exact) mass is 671 g/mol. The highest BCUT2D eigenvalue weighted by molar-refractivity contribution is 5.82. The molecule has 0 saturated carbocycles.